The zero-order chi connectivity index (χ0) is 25.5. The molecule has 1 saturated heterocycles. The van der Waals surface area contributed by atoms with Crippen molar-refractivity contribution in [1.82, 2.24) is 0 Å². The van der Waals surface area contributed by atoms with E-state index >= 15 is 0 Å². The van der Waals surface area contributed by atoms with Crippen LogP contribution in [0.1, 0.15) is 37.7 Å². The Morgan fingerprint density at radius 1 is 1.11 bits per heavy atom. The zero-order valence-electron chi connectivity index (χ0n) is 20.1. The van der Waals surface area contributed by atoms with Gasteiger partial charge < -0.3 is 19.7 Å². The molecule has 0 aromatic heterocycles. The van der Waals surface area contributed by atoms with Gasteiger partial charge in [0.05, 0.1) is 12.7 Å². The van der Waals surface area contributed by atoms with Crippen molar-refractivity contribution in [2.24, 2.45) is 11.8 Å². The normalized spacial score (nSPS) is 26.1. The Morgan fingerprint density at radius 3 is 2.50 bits per heavy atom. The fourth-order valence-corrected chi connectivity index (χ4v) is 5.46. The molecule has 0 spiro atoms. The molecule has 5 nitrogen and oxygen atoms in total. The maximum absolute atomic E-state index is 13.6. The quantitative estimate of drug-likeness (QED) is 0.301. The van der Waals surface area contributed by atoms with E-state index in [1.54, 1.807) is 6.08 Å². The van der Waals surface area contributed by atoms with Crippen LogP contribution < -0.4 is 4.74 Å². The Hall–Kier alpha value is -3.03. The van der Waals surface area contributed by atoms with Crippen LogP contribution in [0.4, 0.5) is 8.78 Å². The number of hydrogen-bond acceptors (Lipinski definition) is 4. The summed E-state index contributed by atoms with van der Waals surface area (Å²) in [5, 5.41) is 19.3. The van der Waals surface area contributed by atoms with Gasteiger partial charge in [-0.05, 0) is 73.6 Å². The van der Waals surface area contributed by atoms with Crippen molar-refractivity contribution < 1.29 is 33.3 Å². The lowest BCUT2D eigenvalue weighted by atomic mass is 9.69. The molecular formula is C29H32F2O5. The molecule has 4 rings (SSSR count). The van der Waals surface area contributed by atoms with Crippen LogP contribution >= 0.6 is 0 Å². The van der Waals surface area contributed by atoms with Gasteiger partial charge in [0.15, 0.2) is 0 Å². The smallest absolute Gasteiger partial charge is 0.303 e. The molecule has 2 fully saturated rings. The number of hydrogen-bond donors (Lipinski definition) is 2. The average molecular weight is 499 g/mol. The number of ether oxygens (including phenoxy) is 2. The molecule has 2 N–H and O–H groups in total. The molecule has 192 valence electrons. The predicted molar refractivity (Wildman–Crippen MR) is 132 cm³/mol. The van der Waals surface area contributed by atoms with E-state index in [-0.39, 0.29) is 48.0 Å². The molecule has 0 radical (unpaired) electrons. The molecule has 2 aromatic rings. The summed E-state index contributed by atoms with van der Waals surface area (Å²) in [4.78, 5) is 10.7. The van der Waals surface area contributed by atoms with Crippen LogP contribution in [0.2, 0.25) is 0 Å². The summed E-state index contributed by atoms with van der Waals surface area (Å²) >= 11 is 0. The first-order valence-electron chi connectivity index (χ1n) is 12.4. The first-order chi connectivity index (χ1) is 17.4. The van der Waals surface area contributed by atoms with Crippen molar-refractivity contribution in [1.29, 1.82) is 0 Å². The molecule has 2 aliphatic rings. The molecule has 2 aromatic carbocycles. The van der Waals surface area contributed by atoms with Gasteiger partial charge in [-0.2, -0.15) is 0 Å². The van der Waals surface area contributed by atoms with E-state index in [9.17, 15) is 18.7 Å². The number of fused-ring (bicyclic) bond motifs is 2. The summed E-state index contributed by atoms with van der Waals surface area (Å²) in [7, 11) is 0. The van der Waals surface area contributed by atoms with Gasteiger partial charge in [-0.25, -0.2) is 8.78 Å². The van der Waals surface area contributed by atoms with Crippen molar-refractivity contribution in [3.63, 3.8) is 0 Å². The monoisotopic (exact) mass is 498 g/mol. The number of benzene rings is 2. The second-order valence-electron chi connectivity index (χ2n) is 9.61. The van der Waals surface area contributed by atoms with Crippen LogP contribution in [0.25, 0.3) is 0 Å². The lowest BCUT2D eigenvalue weighted by Crippen LogP contribution is -2.39. The third-order valence-corrected chi connectivity index (χ3v) is 7.25. The molecule has 5 atom stereocenters. The number of aliphatic hydroxyl groups excluding tert-OH is 1. The minimum absolute atomic E-state index is 0.0121. The number of unbranched alkanes of at least 4 members (excludes halogenated alkanes) is 1. The number of allylic oxidation sites excluding steroid dienone is 2. The lowest BCUT2D eigenvalue weighted by molar-refractivity contribution is -0.137. The van der Waals surface area contributed by atoms with E-state index in [4.69, 9.17) is 14.6 Å². The molecule has 0 amide bonds. The van der Waals surface area contributed by atoms with Gasteiger partial charge >= 0.3 is 5.97 Å². The molecule has 36 heavy (non-hydrogen) atoms. The van der Waals surface area contributed by atoms with Crippen LogP contribution in [-0.2, 0) is 14.9 Å². The van der Waals surface area contributed by atoms with Crippen LogP contribution in [0, 0.1) is 23.5 Å². The summed E-state index contributed by atoms with van der Waals surface area (Å²) < 4.78 is 38.4. The summed E-state index contributed by atoms with van der Waals surface area (Å²) in [6, 6.07) is 12.3. The molecule has 2 bridgehead atoms. The maximum atomic E-state index is 13.6. The Kier molecular flexibility index (Phi) is 8.54. The molecule has 1 aliphatic heterocycles. The Labute approximate surface area is 210 Å². The average Bonchev–Trinajstić information content (AvgIpc) is 3.43. The number of halogens is 2. The largest absolute Gasteiger partial charge is 0.491 e. The van der Waals surface area contributed by atoms with Crippen molar-refractivity contribution in [2.75, 3.05) is 13.2 Å². The number of rotatable bonds is 12. The van der Waals surface area contributed by atoms with Gasteiger partial charge in [-0.1, -0.05) is 36.4 Å². The molecule has 1 heterocycles. The SMILES string of the molecule is O=C(O)CCC/C=C\C[C@H]1[C@H](/C=C/[C@H](O)COc2ccc(F)cc2)[C@@H]2C[C@@]1(c1ccc(F)cc1)CO2. The second-order valence-corrected chi connectivity index (χ2v) is 9.61. The van der Waals surface area contributed by atoms with E-state index in [0.29, 0.717) is 25.2 Å². The number of carboxylic acid groups (broad SMARTS) is 1. The minimum Gasteiger partial charge on any atom is -0.491 e. The summed E-state index contributed by atoms with van der Waals surface area (Å²) in [6.45, 7) is 0.596. The highest BCUT2D eigenvalue weighted by atomic mass is 19.1. The van der Waals surface area contributed by atoms with Crippen molar-refractivity contribution in [3.05, 3.63) is 90.0 Å². The van der Waals surface area contributed by atoms with Crippen molar-refractivity contribution in [2.45, 2.75) is 49.7 Å². The third kappa shape index (κ3) is 6.20. The van der Waals surface area contributed by atoms with Crippen LogP contribution in [-0.4, -0.2) is 41.6 Å². The Balaban J connectivity index is 1.45. The fourth-order valence-electron chi connectivity index (χ4n) is 5.46. The van der Waals surface area contributed by atoms with Crippen LogP contribution in [0.5, 0.6) is 5.75 Å². The van der Waals surface area contributed by atoms with Gasteiger partial charge in [0, 0.05) is 17.8 Å². The highest BCUT2D eigenvalue weighted by molar-refractivity contribution is 5.66. The van der Waals surface area contributed by atoms with Gasteiger partial charge in [0.2, 0.25) is 0 Å². The van der Waals surface area contributed by atoms with Crippen molar-refractivity contribution in [3.8, 4) is 5.75 Å². The molecular weight excluding hydrogens is 466 g/mol. The third-order valence-electron chi connectivity index (χ3n) is 7.25. The highest BCUT2D eigenvalue weighted by Crippen LogP contribution is 2.57. The summed E-state index contributed by atoms with van der Waals surface area (Å²) in [5.41, 5.74) is 0.792. The fraction of sp³-hybridized carbons (Fsp3) is 0.414. The summed E-state index contributed by atoms with van der Waals surface area (Å²) in [6.07, 6.45) is 10.0. The zero-order valence-corrected chi connectivity index (χ0v) is 20.1. The van der Waals surface area contributed by atoms with Gasteiger partial charge in [-0.3, -0.25) is 4.79 Å². The summed E-state index contributed by atoms with van der Waals surface area (Å²) in [5.74, 6) is -0.716. The number of aliphatic hydroxyl groups is 1. The Bertz CT molecular complexity index is 1070. The van der Waals surface area contributed by atoms with Crippen LogP contribution in [0.3, 0.4) is 0 Å². The maximum Gasteiger partial charge on any atom is 0.303 e. The van der Waals surface area contributed by atoms with Gasteiger partial charge in [0.1, 0.15) is 30.1 Å². The van der Waals surface area contributed by atoms with Gasteiger partial charge in [0.25, 0.3) is 0 Å². The first kappa shape index (κ1) is 26.0. The van der Waals surface area contributed by atoms with Crippen molar-refractivity contribution >= 4 is 5.97 Å². The Morgan fingerprint density at radius 2 is 1.81 bits per heavy atom. The number of carbonyl (C=O) groups is 1. The van der Waals surface area contributed by atoms with E-state index in [2.05, 4.69) is 6.08 Å². The molecule has 1 aliphatic carbocycles. The minimum atomic E-state index is -0.844. The molecule has 1 saturated carbocycles. The van der Waals surface area contributed by atoms with E-state index in [0.717, 1.165) is 18.4 Å². The van der Waals surface area contributed by atoms with Crippen LogP contribution in [0.15, 0.2) is 72.8 Å². The molecule has 7 heteroatoms. The van der Waals surface area contributed by atoms with E-state index in [1.807, 2.05) is 24.3 Å². The first-order valence-corrected chi connectivity index (χ1v) is 12.4. The predicted octanol–water partition coefficient (Wildman–Crippen LogP) is 5.43. The number of aliphatic carboxylic acids is 1. The lowest BCUT2D eigenvalue weighted by Gasteiger charge is -2.38. The number of carboxylic acids is 1. The topological polar surface area (TPSA) is 76.0 Å². The van der Waals surface area contributed by atoms with E-state index in [1.165, 1.54) is 36.4 Å². The van der Waals surface area contributed by atoms with Gasteiger partial charge in [-0.15, -0.1) is 0 Å². The van der Waals surface area contributed by atoms with E-state index < -0.39 is 12.1 Å². The second kappa shape index (κ2) is 11.8. The molecule has 0 unspecified atom stereocenters. The highest BCUT2D eigenvalue weighted by Gasteiger charge is 2.58. The standard InChI is InChI=1S/C29H32F2O5/c30-21-9-7-20(8-10-21)29-17-27(36-19-29)25(26(29)5-3-1-2-4-6-28(33)34)16-13-23(32)18-35-24-14-11-22(31)12-15-24/h1,3,7-16,23,25-27,32H,2,4-6,17-19H2,(H,33,34)/b3-1-,16-13+/t23-,25-,26-,27-,29-/m0/s1.